The van der Waals surface area contributed by atoms with Crippen molar-refractivity contribution in [3.63, 3.8) is 0 Å². The monoisotopic (exact) mass is 341 g/mol. The Kier molecular flexibility index (Phi) is 6.87. The second kappa shape index (κ2) is 9.11. The lowest BCUT2D eigenvalue weighted by Crippen LogP contribution is -2.31. The van der Waals surface area contributed by atoms with Crippen molar-refractivity contribution in [3.8, 4) is 11.5 Å². The summed E-state index contributed by atoms with van der Waals surface area (Å²) in [5, 5.41) is 2.94. The topological polar surface area (TPSA) is 47.6 Å². The molecule has 4 heteroatoms. The van der Waals surface area contributed by atoms with Crippen LogP contribution in [-0.4, -0.2) is 19.6 Å². The molecule has 4 nitrogen and oxygen atoms in total. The highest BCUT2D eigenvalue weighted by Gasteiger charge is 2.14. The van der Waals surface area contributed by atoms with Gasteiger partial charge in [0, 0.05) is 5.56 Å². The number of amides is 1. The number of ether oxygens (including phenoxy) is 2. The van der Waals surface area contributed by atoms with Gasteiger partial charge in [0.15, 0.2) is 6.61 Å². The van der Waals surface area contributed by atoms with E-state index in [2.05, 4.69) is 31.3 Å². The summed E-state index contributed by atoms with van der Waals surface area (Å²) in [5.41, 5.74) is 2.22. The predicted molar refractivity (Wildman–Crippen MR) is 100 cm³/mol. The van der Waals surface area contributed by atoms with Gasteiger partial charge < -0.3 is 14.8 Å². The largest absolute Gasteiger partial charge is 0.496 e. The zero-order chi connectivity index (χ0) is 18.2. The highest BCUT2D eigenvalue weighted by Crippen LogP contribution is 2.24. The van der Waals surface area contributed by atoms with Gasteiger partial charge in [-0.05, 0) is 43.0 Å². The maximum absolute atomic E-state index is 12.1. The van der Waals surface area contributed by atoms with Gasteiger partial charge in [-0.1, -0.05) is 44.2 Å². The third kappa shape index (κ3) is 5.24. The van der Waals surface area contributed by atoms with Crippen LogP contribution in [0.2, 0.25) is 0 Å². The molecule has 1 amide bonds. The normalized spacial score (nSPS) is 13.0. The van der Waals surface area contributed by atoms with Gasteiger partial charge >= 0.3 is 0 Å². The van der Waals surface area contributed by atoms with Crippen molar-refractivity contribution in [1.29, 1.82) is 0 Å². The van der Waals surface area contributed by atoms with E-state index in [1.54, 1.807) is 7.11 Å². The molecular formula is C21H27NO3. The van der Waals surface area contributed by atoms with Crippen molar-refractivity contribution in [2.75, 3.05) is 13.7 Å². The summed E-state index contributed by atoms with van der Waals surface area (Å²) in [6.07, 6.45) is 1.10. The highest BCUT2D eigenvalue weighted by atomic mass is 16.5. The Morgan fingerprint density at radius 1 is 1.08 bits per heavy atom. The molecule has 2 atom stereocenters. The van der Waals surface area contributed by atoms with Crippen LogP contribution in [0.5, 0.6) is 11.5 Å². The van der Waals surface area contributed by atoms with E-state index in [0.29, 0.717) is 11.7 Å². The van der Waals surface area contributed by atoms with Crippen LogP contribution in [-0.2, 0) is 4.79 Å². The number of para-hydroxylation sites is 1. The number of rotatable bonds is 8. The number of hydrogen-bond acceptors (Lipinski definition) is 3. The minimum absolute atomic E-state index is 0.0117. The summed E-state index contributed by atoms with van der Waals surface area (Å²) in [4.78, 5) is 12.1. The first-order valence-corrected chi connectivity index (χ1v) is 8.70. The molecule has 0 fully saturated rings. The molecule has 0 spiro atoms. The van der Waals surface area contributed by atoms with E-state index in [4.69, 9.17) is 9.47 Å². The van der Waals surface area contributed by atoms with Crippen LogP contribution in [0.15, 0.2) is 48.5 Å². The zero-order valence-corrected chi connectivity index (χ0v) is 15.4. The summed E-state index contributed by atoms with van der Waals surface area (Å²) in [6.45, 7) is 6.28. The summed E-state index contributed by atoms with van der Waals surface area (Å²) in [5.74, 6) is 1.83. The molecule has 0 aliphatic heterocycles. The van der Waals surface area contributed by atoms with Gasteiger partial charge in [-0.3, -0.25) is 4.79 Å². The van der Waals surface area contributed by atoms with Gasteiger partial charge in [0.25, 0.3) is 5.91 Å². The van der Waals surface area contributed by atoms with Crippen molar-refractivity contribution in [2.45, 2.75) is 39.2 Å². The van der Waals surface area contributed by atoms with Crippen LogP contribution >= 0.6 is 0 Å². The molecule has 0 bridgehead atoms. The lowest BCUT2D eigenvalue weighted by molar-refractivity contribution is -0.123. The summed E-state index contributed by atoms with van der Waals surface area (Å²) < 4.78 is 10.9. The molecule has 0 heterocycles. The Morgan fingerprint density at radius 3 is 2.40 bits per heavy atom. The maximum Gasteiger partial charge on any atom is 0.258 e. The molecule has 0 aliphatic rings. The molecule has 2 unspecified atom stereocenters. The standard InChI is InChI=1S/C21H27NO3/c1-5-15(2)17-10-12-18(13-11-17)25-14-21(23)22-16(3)19-8-6-7-9-20(19)24-4/h6-13,15-16H,5,14H2,1-4H3,(H,22,23). The van der Waals surface area contributed by atoms with Crippen molar-refractivity contribution in [1.82, 2.24) is 5.32 Å². The number of hydrogen-bond donors (Lipinski definition) is 1. The van der Waals surface area contributed by atoms with E-state index >= 15 is 0 Å². The summed E-state index contributed by atoms with van der Waals surface area (Å²) in [6, 6.07) is 15.4. The Balaban J connectivity index is 1.88. The second-order valence-corrected chi connectivity index (χ2v) is 6.20. The molecule has 25 heavy (non-hydrogen) atoms. The fraction of sp³-hybridized carbons (Fsp3) is 0.381. The van der Waals surface area contributed by atoms with E-state index in [9.17, 15) is 4.79 Å². The van der Waals surface area contributed by atoms with E-state index in [-0.39, 0.29) is 18.6 Å². The molecule has 0 radical (unpaired) electrons. The van der Waals surface area contributed by atoms with Crippen LogP contribution in [0, 0.1) is 0 Å². The van der Waals surface area contributed by atoms with E-state index < -0.39 is 0 Å². The first-order chi connectivity index (χ1) is 12.0. The molecular weight excluding hydrogens is 314 g/mol. The fourth-order valence-corrected chi connectivity index (χ4v) is 2.66. The van der Waals surface area contributed by atoms with E-state index in [0.717, 1.165) is 17.7 Å². The first-order valence-electron chi connectivity index (χ1n) is 8.70. The quantitative estimate of drug-likeness (QED) is 0.771. The Bertz CT molecular complexity index is 682. The van der Waals surface area contributed by atoms with Crippen molar-refractivity contribution < 1.29 is 14.3 Å². The number of benzene rings is 2. The lowest BCUT2D eigenvalue weighted by Gasteiger charge is -2.17. The smallest absolute Gasteiger partial charge is 0.258 e. The van der Waals surface area contributed by atoms with Gasteiger partial charge in [-0.15, -0.1) is 0 Å². The maximum atomic E-state index is 12.1. The van der Waals surface area contributed by atoms with Gasteiger partial charge in [0.05, 0.1) is 13.2 Å². The average molecular weight is 341 g/mol. The zero-order valence-electron chi connectivity index (χ0n) is 15.4. The fourth-order valence-electron chi connectivity index (χ4n) is 2.66. The highest BCUT2D eigenvalue weighted by molar-refractivity contribution is 5.78. The van der Waals surface area contributed by atoms with Gasteiger partial charge in [0.2, 0.25) is 0 Å². The molecule has 1 N–H and O–H groups in total. The molecule has 2 aromatic carbocycles. The molecule has 2 aromatic rings. The van der Waals surface area contributed by atoms with E-state index in [1.165, 1.54) is 5.56 Å². The number of nitrogens with one attached hydrogen (secondary N) is 1. The second-order valence-electron chi connectivity index (χ2n) is 6.20. The molecule has 0 saturated carbocycles. The minimum atomic E-state index is -0.163. The van der Waals surface area contributed by atoms with Gasteiger partial charge in [-0.25, -0.2) is 0 Å². The molecule has 134 valence electrons. The predicted octanol–water partition coefficient (Wildman–Crippen LogP) is 4.46. The Labute approximate surface area is 150 Å². The van der Waals surface area contributed by atoms with Crippen LogP contribution in [0.25, 0.3) is 0 Å². The van der Waals surface area contributed by atoms with Crippen LogP contribution in [0.4, 0.5) is 0 Å². The third-order valence-electron chi connectivity index (χ3n) is 4.41. The van der Waals surface area contributed by atoms with E-state index in [1.807, 2.05) is 43.3 Å². The first kappa shape index (κ1) is 18.8. The average Bonchev–Trinajstić information content (AvgIpc) is 2.66. The Morgan fingerprint density at radius 2 is 1.76 bits per heavy atom. The van der Waals surface area contributed by atoms with Gasteiger partial charge in [-0.2, -0.15) is 0 Å². The molecule has 0 aromatic heterocycles. The number of methoxy groups -OCH3 is 1. The lowest BCUT2D eigenvalue weighted by atomic mass is 9.99. The Hall–Kier alpha value is -2.49. The summed E-state index contributed by atoms with van der Waals surface area (Å²) >= 11 is 0. The van der Waals surface area contributed by atoms with Crippen molar-refractivity contribution >= 4 is 5.91 Å². The van der Waals surface area contributed by atoms with Crippen molar-refractivity contribution in [3.05, 3.63) is 59.7 Å². The summed E-state index contributed by atoms with van der Waals surface area (Å²) in [7, 11) is 1.62. The number of carbonyl (C=O) groups excluding carboxylic acids is 1. The van der Waals surface area contributed by atoms with Crippen molar-refractivity contribution in [2.24, 2.45) is 0 Å². The van der Waals surface area contributed by atoms with Gasteiger partial charge in [0.1, 0.15) is 11.5 Å². The number of carbonyl (C=O) groups is 1. The molecule has 0 aliphatic carbocycles. The van der Waals surface area contributed by atoms with Crippen LogP contribution in [0.1, 0.15) is 50.3 Å². The molecule has 0 saturated heterocycles. The minimum Gasteiger partial charge on any atom is -0.496 e. The van der Waals surface area contributed by atoms with Crippen LogP contribution < -0.4 is 14.8 Å². The SMILES string of the molecule is CCC(C)c1ccc(OCC(=O)NC(C)c2ccccc2OC)cc1. The molecule has 2 rings (SSSR count). The van der Waals surface area contributed by atoms with Crippen LogP contribution in [0.3, 0.4) is 0 Å². The third-order valence-corrected chi connectivity index (χ3v) is 4.41.